The molecule has 96 valence electrons. The van der Waals surface area contributed by atoms with Crippen molar-refractivity contribution in [2.75, 3.05) is 26.2 Å². The van der Waals surface area contributed by atoms with Crippen LogP contribution < -0.4 is 5.73 Å². The number of piperazine rings is 1. The zero-order chi connectivity index (χ0) is 13.0. The Balaban J connectivity index is 2.45. The zero-order valence-corrected chi connectivity index (χ0v) is 9.76. The van der Waals surface area contributed by atoms with E-state index in [1.165, 1.54) is 11.8 Å². The van der Waals surface area contributed by atoms with Crippen LogP contribution in [0.4, 0.5) is 0 Å². The minimum Gasteiger partial charge on any atom is -0.481 e. The monoisotopic (exact) mass is 243 g/mol. The van der Waals surface area contributed by atoms with Crippen LogP contribution >= 0.6 is 0 Å². The molecule has 0 aromatic rings. The molecule has 1 heterocycles. The molecule has 1 saturated heterocycles. The number of carboxylic acid groups (broad SMARTS) is 1. The lowest BCUT2D eigenvalue weighted by atomic mass is 10.2. The number of rotatable bonds is 3. The molecule has 0 aromatic carbocycles. The zero-order valence-electron chi connectivity index (χ0n) is 9.76. The molecule has 1 rings (SSSR count). The highest BCUT2D eigenvalue weighted by molar-refractivity contribution is 5.86. The molecule has 0 spiro atoms. The van der Waals surface area contributed by atoms with Gasteiger partial charge >= 0.3 is 5.97 Å². The van der Waals surface area contributed by atoms with Gasteiger partial charge in [-0.15, -0.1) is 0 Å². The van der Waals surface area contributed by atoms with E-state index in [9.17, 15) is 14.4 Å². The average Bonchev–Trinajstić information content (AvgIpc) is 2.27. The molecule has 0 aromatic heterocycles. The Hall–Kier alpha value is -1.63. The Bertz CT molecular complexity index is 324. The lowest BCUT2D eigenvalue weighted by Gasteiger charge is -2.35. The highest BCUT2D eigenvalue weighted by Crippen LogP contribution is 2.05. The van der Waals surface area contributed by atoms with E-state index in [4.69, 9.17) is 10.8 Å². The fourth-order valence-corrected chi connectivity index (χ4v) is 1.75. The van der Waals surface area contributed by atoms with Gasteiger partial charge in [-0.25, -0.2) is 0 Å². The van der Waals surface area contributed by atoms with Gasteiger partial charge in [-0.1, -0.05) is 0 Å². The first-order chi connectivity index (χ1) is 7.91. The smallest absolute Gasteiger partial charge is 0.305 e. The molecule has 2 amide bonds. The average molecular weight is 243 g/mol. The first-order valence-corrected chi connectivity index (χ1v) is 5.43. The number of nitrogens with two attached hydrogens (primary N) is 1. The van der Waals surface area contributed by atoms with Gasteiger partial charge in [-0.2, -0.15) is 0 Å². The maximum atomic E-state index is 11.7. The summed E-state index contributed by atoms with van der Waals surface area (Å²) >= 11 is 0. The second-order valence-corrected chi connectivity index (χ2v) is 4.04. The molecule has 3 N–H and O–H groups in total. The van der Waals surface area contributed by atoms with Crippen molar-refractivity contribution in [1.82, 2.24) is 9.80 Å². The lowest BCUT2D eigenvalue weighted by molar-refractivity contribution is -0.143. The van der Waals surface area contributed by atoms with Crippen molar-refractivity contribution in [3.8, 4) is 0 Å². The number of carbonyl (C=O) groups excluding carboxylic acids is 2. The third kappa shape index (κ3) is 3.70. The summed E-state index contributed by atoms with van der Waals surface area (Å²) in [4.78, 5) is 36.4. The van der Waals surface area contributed by atoms with Gasteiger partial charge in [0.1, 0.15) is 0 Å². The lowest BCUT2D eigenvalue weighted by Crippen LogP contribution is -2.54. The number of hydrogen-bond donors (Lipinski definition) is 2. The van der Waals surface area contributed by atoms with Crippen LogP contribution in [0.2, 0.25) is 0 Å². The van der Waals surface area contributed by atoms with Crippen LogP contribution in [0.5, 0.6) is 0 Å². The van der Waals surface area contributed by atoms with E-state index in [1.54, 1.807) is 4.90 Å². The molecule has 1 aliphatic rings. The van der Waals surface area contributed by atoms with E-state index in [-0.39, 0.29) is 18.2 Å². The summed E-state index contributed by atoms with van der Waals surface area (Å²) in [5.74, 6) is -1.48. The largest absolute Gasteiger partial charge is 0.481 e. The molecule has 7 heteroatoms. The van der Waals surface area contributed by atoms with Crippen molar-refractivity contribution in [1.29, 1.82) is 0 Å². The third-order valence-electron chi connectivity index (χ3n) is 2.75. The van der Waals surface area contributed by atoms with Crippen molar-refractivity contribution in [2.45, 2.75) is 19.4 Å². The van der Waals surface area contributed by atoms with Gasteiger partial charge < -0.3 is 20.6 Å². The van der Waals surface area contributed by atoms with E-state index in [0.29, 0.717) is 26.2 Å². The highest BCUT2D eigenvalue weighted by atomic mass is 16.4. The highest BCUT2D eigenvalue weighted by Gasteiger charge is 2.27. The Kier molecular flexibility index (Phi) is 4.45. The normalized spacial score (nSPS) is 17.8. The molecule has 7 nitrogen and oxygen atoms in total. The second kappa shape index (κ2) is 5.62. The van der Waals surface area contributed by atoms with Gasteiger partial charge in [0.25, 0.3) is 0 Å². The quantitative estimate of drug-likeness (QED) is 0.626. The first-order valence-electron chi connectivity index (χ1n) is 5.43. The van der Waals surface area contributed by atoms with E-state index in [2.05, 4.69) is 0 Å². The maximum Gasteiger partial charge on any atom is 0.305 e. The van der Waals surface area contributed by atoms with Crippen LogP contribution in [0.15, 0.2) is 0 Å². The van der Waals surface area contributed by atoms with Gasteiger partial charge in [0.15, 0.2) is 0 Å². The predicted molar refractivity (Wildman–Crippen MR) is 59.1 cm³/mol. The van der Waals surface area contributed by atoms with Crippen LogP contribution in [-0.4, -0.2) is 64.9 Å². The molecular formula is C10H17N3O4. The summed E-state index contributed by atoms with van der Waals surface area (Å²) in [5, 5.41) is 8.54. The number of amides is 2. The molecule has 1 aliphatic heterocycles. The molecule has 0 radical (unpaired) electrons. The van der Waals surface area contributed by atoms with Crippen molar-refractivity contribution in [2.24, 2.45) is 5.73 Å². The summed E-state index contributed by atoms with van der Waals surface area (Å²) < 4.78 is 0. The SMILES string of the molecule is CC(=O)N1CCN(C(=O)C(N)CC(=O)O)CC1. The number of carbonyl (C=O) groups is 3. The van der Waals surface area contributed by atoms with Gasteiger partial charge in [-0.3, -0.25) is 14.4 Å². The fraction of sp³-hybridized carbons (Fsp3) is 0.700. The Morgan fingerprint density at radius 2 is 1.65 bits per heavy atom. The molecule has 0 aliphatic carbocycles. The Morgan fingerprint density at radius 3 is 2.06 bits per heavy atom. The first kappa shape index (κ1) is 13.4. The van der Waals surface area contributed by atoms with Gasteiger partial charge in [0, 0.05) is 33.1 Å². The Labute approximate surface area is 99.2 Å². The minimum atomic E-state index is -1.09. The molecular weight excluding hydrogens is 226 g/mol. The second-order valence-electron chi connectivity index (χ2n) is 4.04. The van der Waals surface area contributed by atoms with Crippen LogP contribution in [0.25, 0.3) is 0 Å². The maximum absolute atomic E-state index is 11.7. The van der Waals surface area contributed by atoms with Crippen LogP contribution in [-0.2, 0) is 14.4 Å². The number of carboxylic acids is 1. The summed E-state index contributed by atoms with van der Waals surface area (Å²) in [7, 11) is 0. The van der Waals surface area contributed by atoms with Gasteiger partial charge in [-0.05, 0) is 0 Å². The van der Waals surface area contributed by atoms with Crippen LogP contribution in [0, 0.1) is 0 Å². The van der Waals surface area contributed by atoms with Crippen LogP contribution in [0.3, 0.4) is 0 Å². The summed E-state index contributed by atoms with van der Waals surface area (Å²) in [6.45, 7) is 3.24. The fourth-order valence-electron chi connectivity index (χ4n) is 1.75. The van der Waals surface area contributed by atoms with Crippen molar-refractivity contribution in [3.63, 3.8) is 0 Å². The molecule has 1 unspecified atom stereocenters. The van der Waals surface area contributed by atoms with Crippen molar-refractivity contribution in [3.05, 3.63) is 0 Å². The molecule has 0 saturated carbocycles. The van der Waals surface area contributed by atoms with E-state index in [1.807, 2.05) is 0 Å². The minimum absolute atomic E-state index is 0.0214. The summed E-state index contributed by atoms with van der Waals surface area (Å²) in [6, 6.07) is -1.00. The predicted octanol–water partition coefficient (Wildman–Crippen LogP) is -1.52. The number of hydrogen-bond acceptors (Lipinski definition) is 4. The van der Waals surface area contributed by atoms with Crippen molar-refractivity contribution >= 4 is 17.8 Å². The Morgan fingerprint density at radius 1 is 1.18 bits per heavy atom. The summed E-state index contributed by atoms with van der Waals surface area (Å²) in [5.41, 5.74) is 5.49. The van der Waals surface area contributed by atoms with Gasteiger partial charge in [0.05, 0.1) is 12.5 Å². The van der Waals surface area contributed by atoms with Crippen LogP contribution in [0.1, 0.15) is 13.3 Å². The van der Waals surface area contributed by atoms with E-state index >= 15 is 0 Å². The topological polar surface area (TPSA) is 104 Å². The van der Waals surface area contributed by atoms with Crippen molar-refractivity contribution < 1.29 is 19.5 Å². The summed E-state index contributed by atoms with van der Waals surface area (Å²) in [6.07, 6.45) is -0.369. The molecule has 1 atom stereocenters. The molecule has 17 heavy (non-hydrogen) atoms. The van der Waals surface area contributed by atoms with E-state index in [0.717, 1.165) is 0 Å². The molecule has 0 bridgehead atoms. The molecule has 1 fully saturated rings. The van der Waals surface area contributed by atoms with E-state index < -0.39 is 12.0 Å². The standard InChI is InChI=1S/C10H17N3O4/c1-7(14)12-2-4-13(5-3-12)10(17)8(11)6-9(15)16/h8H,2-6,11H2,1H3,(H,15,16). The third-order valence-corrected chi connectivity index (χ3v) is 2.75. The van der Waals surface area contributed by atoms with Gasteiger partial charge in [0.2, 0.25) is 11.8 Å². The number of aliphatic carboxylic acids is 1. The number of nitrogens with zero attached hydrogens (tertiary/aromatic N) is 2.